The van der Waals surface area contributed by atoms with Crippen LogP contribution in [0.4, 0.5) is 0 Å². The summed E-state index contributed by atoms with van der Waals surface area (Å²) in [6.07, 6.45) is 7.39. The molecule has 1 unspecified atom stereocenters. The predicted molar refractivity (Wildman–Crippen MR) is 87.5 cm³/mol. The molecule has 0 saturated carbocycles. The van der Waals surface area contributed by atoms with Crippen LogP contribution < -0.4 is 5.73 Å². The van der Waals surface area contributed by atoms with E-state index in [0.29, 0.717) is 24.9 Å². The van der Waals surface area contributed by atoms with Gasteiger partial charge in [-0.2, -0.15) is 0 Å². The Bertz CT molecular complexity index is 383. The van der Waals surface area contributed by atoms with Crippen LogP contribution in [0.1, 0.15) is 43.4 Å². The van der Waals surface area contributed by atoms with E-state index < -0.39 is 0 Å². The van der Waals surface area contributed by atoms with E-state index in [2.05, 4.69) is 17.5 Å². The second kappa shape index (κ2) is 9.37. The van der Waals surface area contributed by atoms with Gasteiger partial charge in [-0.25, -0.2) is 0 Å². The molecule has 5 heteroatoms. The standard InChI is InChI=1S/C15H24N2OS.ClH/c16-12-13-6-4-10-17(13)15(18)9-3-1-2-7-14-8-5-11-19-14;/h5,8,11,13H,1-4,6-7,9-10,12,16H2;1H. The zero-order chi connectivity index (χ0) is 13.5. The minimum absolute atomic E-state index is 0. The summed E-state index contributed by atoms with van der Waals surface area (Å²) in [6, 6.07) is 4.59. The molecule has 1 aromatic heterocycles. The molecular formula is C15H25ClN2OS. The third-order valence-electron chi connectivity index (χ3n) is 3.86. The summed E-state index contributed by atoms with van der Waals surface area (Å²) in [5, 5.41) is 2.12. The predicted octanol–water partition coefficient (Wildman–Crippen LogP) is 3.22. The van der Waals surface area contributed by atoms with Crippen molar-refractivity contribution < 1.29 is 4.79 Å². The number of thiophene rings is 1. The first-order chi connectivity index (χ1) is 9.31. The van der Waals surface area contributed by atoms with Crippen molar-refractivity contribution >= 4 is 29.7 Å². The van der Waals surface area contributed by atoms with Crippen molar-refractivity contribution in [1.82, 2.24) is 4.90 Å². The van der Waals surface area contributed by atoms with Crippen LogP contribution in [0.15, 0.2) is 17.5 Å². The molecule has 1 aromatic rings. The summed E-state index contributed by atoms with van der Waals surface area (Å²) >= 11 is 1.82. The number of nitrogens with zero attached hydrogens (tertiary/aromatic N) is 1. The number of likely N-dealkylation sites (tertiary alicyclic amines) is 1. The van der Waals surface area contributed by atoms with Crippen LogP contribution in [0, 0.1) is 0 Å². The Morgan fingerprint density at radius 3 is 2.95 bits per heavy atom. The highest BCUT2D eigenvalue weighted by molar-refractivity contribution is 7.09. The van der Waals surface area contributed by atoms with E-state index >= 15 is 0 Å². The molecule has 1 aliphatic heterocycles. The topological polar surface area (TPSA) is 46.3 Å². The third kappa shape index (κ3) is 5.08. The number of hydrogen-bond donors (Lipinski definition) is 1. The SMILES string of the molecule is Cl.NCC1CCCN1C(=O)CCCCCc1cccs1. The van der Waals surface area contributed by atoms with Crippen molar-refractivity contribution in [3.8, 4) is 0 Å². The molecule has 0 radical (unpaired) electrons. The molecule has 0 spiro atoms. The second-order valence-corrected chi connectivity index (χ2v) is 6.29. The van der Waals surface area contributed by atoms with Gasteiger partial charge in [0.25, 0.3) is 0 Å². The maximum Gasteiger partial charge on any atom is 0.222 e. The summed E-state index contributed by atoms with van der Waals surface area (Å²) in [6.45, 7) is 1.53. The van der Waals surface area contributed by atoms with E-state index in [0.717, 1.165) is 38.6 Å². The maximum atomic E-state index is 12.1. The van der Waals surface area contributed by atoms with Gasteiger partial charge in [0.1, 0.15) is 0 Å². The molecule has 0 bridgehead atoms. The summed E-state index contributed by atoms with van der Waals surface area (Å²) < 4.78 is 0. The number of aryl methyl sites for hydroxylation is 1. The fourth-order valence-corrected chi connectivity index (χ4v) is 3.51. The largest absolute Gasteiger partial charge is 0.338 e. The van der Waals surface area contributed by atoms with Crippen LogP contribution in [-0.4, -0.2) is 29.9 Å². The average molecular weight is 317 g/mol. The number of halogens is 1. The highest BCUT2D eigenvalue weighted by atomic mass is 35.5. The van der Waals surface area contributed by atoms with Crippen LogP contribution in [0.5, 0.6) is 0 Å². The molecule has 114 valence electrons. The Kier molecular flexibility index (Phi) is 8.19. The van der Waals surface area contributed by atoms with Crippen molar-refractivity contribution in [1.29, 1.82) is 0 Å². The van der Waals surface area contributed by atoms with Gasteiger partial charge in [0.15, 0.2) is 0 Å². The van der Waals surface area contributed by atoms with Gasteiger partial charge in [0.2, 0.25) is 5.91 Å². The average Bonchev–Trinajstić information content (AvgIpc) is 3.08. The molecular weight excluding hydrogens is 292 g/mol. The van der Waals surface area contributed by atoms with Gasteiger partial charge in [-0.05, 0) is 43.6 Å². The highest BCUT2D eigenvalue weighted by Gasteiger charge is 2.26. The number of nitrogens with two attached hydrogens (primary N) is 1. The molecule has 1 aliphatic rings. The monoisotopic (exact) mass is 316 g/mol. The van der Waals surface area contributed by atoms with Crippen molar-refractivity contribution in [2.24, 2.45) is 5.73 Å². The molecule has 1 amide bonds. The van der Waals surface area contributed by atoms with Gasteiger partial charge >= 0.3 is 0 Å². The second-order valence-electron chi connectivity index (χ2n) is 5.26. The minimum Gasteiger partial charge on any atom is -0.338 e. The van der Waals surface area contributed by atoms with Crippen LogP contribution in [-0.2, 0) is 11.2 Å². The van der Waals surface area contributed by atoms with Crippen LogP contribution in [0.25, 0.3) is 0 Å². The summed E-state index contributed by atoms with van der Waals surface area (Å²) in [7, 11) is 0. The Morgan fingerprint density at radius 1 is 1.40 bits per heavy atom. The van der Waals surface area contributed by atoms with E-state index in [1.165, 1.54) is 11.3 Å². The molecule has 1 fully saturated rings. The fourth-order valence-electron chi connectivity index (χ4n) is 2.76. The Labute approximate surface area is 131 Å². The van der Waals surface area contributed by atoms with E-state index in [9.17, 15) is 4.79 Å². The Balaban J connectivity index is 0.00000200. The molecule has 2 N–H and O–H groups in total. The van der Waals surface area contributed by atoms with Crippen molar-refractivity contribution in [2.45, 2.75) is 51.0 Å². The van der Waals surface area contributed by atoms with Gasteiger partial charge in [0.05, 0.1) is 0 Å². The third-order valence-corrected chi connectivity index (χ3v) is 4.80. The van der Waals surface area contributed by atoms with Crippen LogP contribution in [0.2, 0.25) is 0 Å². The maximum absolute atomic E-state index is 12.1. The van der Waals surface area contributed by atoms with E-state index in [-0.39, 0.29) is 12.4 Å². The number of hydrogen-bond acceptors (Lipinski definition) is 3. The molecule has 2 heterocycles. The lowest BCUT2D eigenvalue weighted by Gasteiger charge is -2.23. The zero-order valence-electron chi connectivity index (χ0n) is 11.9. The van der Waals surface area contributed by atoms with E-state index in [1.807, 2.05) is 16.2 Å². The van der Waals surface area contributed by atoms with Crippen molar-refractivity contribution in [3.05, 3.63) is 22.4 Å². The van der Waals surface area contributed by atoms with Crippen LogP contribution in [0.3, 0.4) is 0 Å². The van der Waals surface area contributed by atoms with Crippen LogP contribution >= 0.6 is 23.7 Å². The minimum atomic E-state index is 0. The number of carbonyl (C=O) groups excluding carboxylic acids is 1. The van der Waals surface area contributed by atoms with Gasteiger partial charge < -0.3 is 10.6 Å². The Morgan fingerprint density at radius 2 is 2.25 bits per heavy atom. The van der Waals surface area contributed by atoms with E-state index in [4.69, 9.17) is 5.73 Å². The first kappa shape index (κ1) is 17.5. The fraction of sp³-hybridized carbons (Fsp3) is 0.667. The van der Waals surface area contributed by atoms with Gasteiger partial charge in [0, 0.05) is 30.4 Å². The lowest BCUT2D eigenvalue weighted by Crippen LogP contribution is -2.39. The molecule has 1 atom stereocenters. The number of carbonyl (C=O) groups is 1. The van der Waals surface area contributed by atoms with Gasteiger partial charge in [-0.3, -0.25) is 4.79 Å². The van der Waals surface area contributed by atoms with Gasteiger partial charge in [-0.15, -0.1) is 23.7 Å². The number of rotatable bonds is 7. The zero-order valence-corrected chi connectivity index (χ0v) is 13.6. The normalized spacial score (nSPS) is 18.1. The molecule has 0 aliphatic carbocycles. The van der Waals surface area contributed by atoms with Gasteiger partial charge in [-0.1, -0.05) is 12.5 Å². The highest BCUT2D eigenvalue weighted by Crippen LogP contribution is 2.18. The van der Waals surface area contributed by atoms with Crippen molar-refractivity contribution in [3.63, 3.8) is 0 Å². The quantitative estimate of drug-likeness (QED) is 0.785. The lowest BCUT2D eigenvalue weighted by atomic mass is 10.1. The summed E-state index contributed by atoms with van der Waals surface area (Å²) in [5.41, 5.74) is 5.70. The first-order valence-corrected chi connectivity index (χ1v) is 8.21. The molecule has 3 nitrogen and oxygen atoms in total. The smallest absolute Gasteiger partial charge is 0.222 e. The molecule has 0 aromatic carbocycles. The van der Waals surface area contributed by atoms with Crippen molar-refractivity contribution in [2.75, 3.05) is 13.1 Å². The lowest BCUT2D eigenvalue weighted by molar-refractivity contribution is -0.131. The number of amides is 1. The number of unbranched alkanes of at least 4 members (excludes halogenated alkanes) is 2. The molecule has 1 saturated heterocycles. The molecule has 2 rings (SSSR count). The Hall–Kier alpha value is -0.580. The summed E-state index contributed by atoms with van der Waals surface area (Å²) in [5.74, 6) is 0.309. The first-order valence-electron chi connectivity index (χ1n) is 7.33. The molecule has 20 heavy (non-hydrogen) atoms. The summed E-state index contributed by atoms with van der Waals surface area (Å²) in [4.78, 5) is 15.5. The van der Waals surface area contributed by atoms with E-state index in [1.54, 1.807) is 0 Å².